The monoisotopic (exact) mass is 277 g/mol. The average molecular weight is 277 g/mol. The summed E-state index contributed by atoms with van der Waals surface area (Å²) < 4.78 is 13.2. The summed E-state index contributed by atoms with van der Waals surface area (Å²) in [5, 5.41) is 14.2. The van der Waals surface area contributed by atoms with Crippen LogP contribution in [0.25, 0.3) is 0 Å². The van der Waals surface area contributed by atoms with Crippen molar-refractivity contribution in [2.75, 3.05) is 6.54 Å². The summed E-state index contributed by atoms with van der Waals surface area (Å²) in [6, 6.07) is 5.36. The van der Waals surface area contributed by atoms with Gasteiger partial charge in [-0.25, -0.2) is 4.39 Å². The Balaban J connectivity index is 1.62. The first kappa shape index (κ1) is 14.0. The third kappa shape index (κ3) is 3.04. The van der Waals surface area contributed by atoms with Crippen molar-refractivity contribution in [1.82, 2.24) is 5.32 Å². The Labute approximate surface area is 120 Å². The predicted octanol–water partition coefficient (Wildman–Crippen LogP) is 3.49. The van der Waals surface area contributed by atoms with Gasteiger partial charge in [0, 0.05) is 12.6 Å². The molecule has 1 aromatic carbocycles. The third-order valence-electron chi connectivity index (χ3n) is 4.89. The van der Waals surface area contributed by atoms with Gasteiger partial charge in [-0.1, -0.05) is 31.7 Å². The van der Waals surface area contributed by atoms with E-state index in [0.717, 1.165) is 44.1 Å². The first-order chi connectivity index (χ1) is 9.66. The number of rotatable bonds is 3. The molecule has 2 N–H and O–H groups in total. The smallest absolute Gasteiger partial charge is 0.123 e. The van der Waals surface area contributed by atoms with Crippen molar-refractivity contribution in [1.29, 1.82) is 0 Å². The summed E-state index contributed by atoms with van der Waals surface area (Å²) in [7, 11) is 0. The number of nitrogens with one attached hydrogen (secondary N) is 1. The molecule has 0 saturated heterocycles. The molecular weight excluding hydrogens is 253 g/mol. The zero-order valence-corrected chi connectivity index (χ0v) is 12.0. The Hall–Kier alpha value is -0.930. The molecule has 20 heavy (non-hydrogen) atoms. The molecule has 1 atom stereocenters. The van der Waals surface area contributed by atoms with Gasteiger partial charge in [0.1, 0.15) is 5.82 Å². The standard InChI is InChI=1S/C17H24FNO/c18-14-6-7-15-13(11-14)5-8-16(15)19-12-17(20)9-3-1-2-4-10-17/h6-7,11,16,19-20H,1-5,8-10,12H2. The Morgan fingerprint density at radius 1 is 1.20 bits per heavy atom. The van der Waals surface area contributed by atoms with E-state index >= 15 is 0 Å². The number of aryl methyl sites for hydroxylation is 1. The normalized spacial score (nSPS) is 25.2. The lowest BCUT2D eigenvalue weighted by molar-refractivity contribution is 0.0227. The van der Waals surface area contributed by atoms with Crippen LogP contribution in [-0.4, -0.2) is 17.3 Å². The number of hydrogen-bond acceptors (Lipinski definition) is 2. The van der Waals surface area contributed by atoms with E-state index in [0.29, 0.717) is 6.54 Å². The van der Waals surface area contributed by atoms with Gasteiger partial charge in [0.2, 0.25) is 0 Å². The van der Waals surface area contributed by atoms with Crippen LogP contribution in [-0.2, 0) is 6.42 Å². The van der Waals surface area contributed by atoms with Gasteiger partial charge in [-0.3, -0.25) is 0 Å². The summed E-state index contributed by atoms with van der Waals surface area (Å²) in [5.74, 6) is -0.146. The van der Waals surface area contributed by atoms with E-state index in [1.54, 1.807) is 12.1 Å². The molecule has 1 unspecified atom stereocenters. The van der Waals surface area contributed by atoms with E-state index in [1.807, 2.05) is 6.07 Å². The van der Waals surface area contributed by atoms with Crippen LogP contribution in [0.1, 0.15) is 62.1 Å². The maximum Gasteiger partial charge on any atom is 0.123 e. The van der Waals surface area contributed by atoms with Gasteiger partial charge < -0.3 is 10.4 Å². The molecule has 3 rings (SSSR count). The van der Waals surface area contributed by atoms with Gasteiger partial charge >= 0.3 is 0 Å². The van der Waals surface area contributed by atoms with Gasteiger partial charge in [-0.2, -0.15) is 0 Å². The molecule has 0 amide bonds. The maximum atomic E-state index is 13.2. The minimum absolute atomic E-state index is 0.146. The van der Waals surface area contributed by atoms with Crippen molar-refractivity contribution >= 4 is 0 Å². The van der Waals surface area contributed by atoms with Crippen molar-refractivity contribution < 1.29 is 9.50 Å². The van der Waals surface area contributed by atoms with E-state index in [-0.39, 0.29) is 11.9 Å². The highest BCUT2D eigenvalue weighted by Gasteiger charge is 2.30. The second kappa shape index (κ2) is 5.82. The quantitative estimate of drug-likeness (QED) is 0.829. The van der Waals surface area contributed by atoms with Crippen LogP contribution in [0.3, 0.4) is 0 Å². The lowest BCUT2D eigenvalue weighted by atomic mass is 9.94. The Morgan fingerprint density at radius 2 is 1.95 bits per heavy atom. The van der Waals surface area contributed by atoms with Crippen molar-refractivity contribution in [3.8, 4) is 0 Å². The first-order valence-electron chi connectivity index (χ1n) is 7.90. The van der Waals surface area contributed by atoms with Crippen LogP contribution in [0.4, 0.5) is 4.39 Å². The van der Waals surface area contributed by atoms with Crippen LogP contribution in [0.2, 0.25) is 0 Å². The lowest BCUT2D eigenvalue weighted by Crippen LogP contribution is -2.41. The Bertz CT molecular complexity index is 466. The predicted molar refractivity (Wildman–Crippen MR) is 78.1 cm³/mol. The second-order valence-electron chi connectivity index (χ2n) is 6.45. The van der Waals surface area contributed by atoms with Gasteiger partial charge in [-0.15, -0.1) is 0 Å². The molecule has 1 aromatic rings. The second-order valence-corrected chi connectivity index (χ2v) is 6.45. The fraction of sp³-hybridized carbons (Fsp3) is 0.647. The van der Waals surface area contributed by atoms with Crippen molar-refractivity contribution in [3.05, 3.63) is 35.1 Å². The summed E-state index contributed by atoms with van der Waals surface area (Å²) in [6.07, 6.45) is 8.50. The highest BCUT2D eigenvalue weighted by atomic mass is 19.1. The zero-order chi connectivity index (χ0) is 14.0. The molecule has 0 spiro atoms. The highest BCUT2D eigenvalue weighted by Crippen LogP contribution is 2.33. The van der Waals surface area contributed by atoms with E-state index < -0.39 is 5.60 Å². The van der Waals surface area contributed by atoms with Crippen molar-refractivity contribution in [3.63, 3.8) is 0 Å². The molecule has 0 aliphatic heterocycles. The molecule has 2 aliphatic rings. The molecule has 2 nitrogen and oxygen atoms in total. The molecule has 110 valence electrons. The van der Waals surface area contributed by atoms with E-state index in [2.05, 4.69) is 5.32 Å². The SMILES string of the molecule is OC1(CNC2CCc3cc(F)ccc32)CCCCCC1. The third-order valence-corrected chi connectivity index (χ3v) is 4.89. The van der Waals surface area contributed by atoms with Crippen molar-refractivity contribution in [2.45, 2.75) is 63.0 Å². The maximum absolute atomic E-state index is 13.2. The molecule has 0 bridgehead atoms. The molecule has 1 saturated carbocycles. The summed E-state index contributed by atoms with van der Waals surface area (Å²) in [6.45, 7) is 0.661. The summed E-state index contributed by atoms with van der Waals surface area (Å²) in [5.41, 5.74) is 1.79. The zero-order valence-electron chi connectivity index (χ0n) is 12.0. The molecule has 2 aliphatic carbocycles. The summed E-state index contributed by atoms with van der Waals surface area (Å²) in [4.78, 5) is 0. The van der Waals surface area contributed by atoms with Gasteiger partial charge in [0.05, 0.1) is 5.60 Å². The lowest BCUT2D eigenvalue weighted by Gasteiger charge is -2.29. The van der Waals surface area contributed by atoms with Crippen LogP contribution in [0.15, 0.2) is 18.2 Å². The Kier molecular flexibility index (Phi) is 4.08. The fourth-order valence-electron chi connectivity index (χ4n) is 3.67. The average Bonchev–Trinajstić information content (AvgIpc) is 2.70. The topological polar surface area (TPSA) is 32.3 Å². The first-order valence-corrected chi connectivity index (χ1v) is 7.90. The minimum atomic E-state index is -0.542. The van der Waals surface area contributed by atoms with Gasteiger partial charge in [0.25, 0.3) is 0 Å². The number of halogens is 1. The van der Waals surface area contributed by atoms with Crippen LogP contribution in [0.5, 0.6) is 0 Å². The van der Waals surface area contributed by atoms with Crippen LogP contribution < -0.4 is 5.32 Å². The minimum Gasteiger partial charge on any atom is -0.389 e. The number of benzene rings is 1. The van der Waals surface area contributed by atoms with E-state index in [9.17, 15) is 9.50 Å². The molecular formula is C17H24FNO. The van der Waals surface area contributed by atoms with Crippen LogP contribution >= 0.6 is 0 Å². The summed E-state index contributed by atoms with van der Waals surface area (Å²) >= 11 is 0. The molecule has 0 radical (unpaired) electrons. The Morgan fingerprint density at radius 3 is 2.70 bits per heavy atom. The largest absolute Gasteiger partial charge is 0.389 e. The highest BCUT2D eigenvalue weighted by molar-refractivity contribution is 5.35. The van der Waals surface area contributed by atoms with Gasteiger partial charge in [-0.05, 0) is 48.9 Å². The fourth-order valence-corrected chi connectivity index (χ4v) is 3.67. The van der Waals surface area contributed by atoms with Crippen molar-refractivity contribution in [2.24, 2.45) is 0 Å². The van der Waals surface area contributed by atoms with E-state index in [1.165, 1.54) is 18.4 Å². The van der Waals surface area contributed by atoms with Gasteiger partial charge in [0.15, 0.2) is 0 Å². The molecule has 1 fully saturated rings. The molecule has 0 heterocycles. The number of aliphatic hydroxyl groups is 1. The molecule has 3 heteroatoms. The molecule has 0 aromatic heterocycles. The number of hydrogen-bond donors (Lipinski definition) is 2. The van der Waals surface area contributed by atoms with E-state index in [4.69, 9.17) is 0 Å². The van der Waals surface area contributed by atoms with Crippen LogP contribution in [0, 0.1) is 5.82 Å². The number of fused-ring (bicyclic) bond motifs is 1.